The lowest BCUT2D eigenvalue weighted by atomic mass is 10.0. The summed E-state index contributed by atoms with van der Waals surface area (Å²) in [4.78, 5) is 32.2. The topological polar surface area (TPSA) is 105 Å². The fourth-order valence-corrected chi connectivity index (χ4v) is 4.81. The smallest absolute Gasteiger partial charge is 0.475 e. The number of carbonyl (C=O) groups excluding carboxylic acids is 1. The number of aromatic nitrogens is 2. The van der Waals surface area contributed by atoms with Crippen LogP contribution in [0, 0.1) is 5.92 Å². The Labute approximate surface area is 232 Å². The van der Waals surface area contributed by atoms with Crippen molar-refractivity contribution in [2.45, 2.75) is 25.6 Å². The second-order valence-corrected chi connectivity index (χ2v) is 9.84. The molecule has 0 spiro atoms. The van der Waals surface area contributed by atoms with Crippen molar-refractivity contribution in [3.63, 3.8) is 0 Å². The predicted octanol–water partition coefficient (Wildman–Crippen LogP) is 6.13. The summed E-state index contributed by atoms with van der Waals surface area (Å²) in [6, 6.07) is 21.1. The van der Waals surface area contributed by atoms with E-state index in [0.29, 0.717) is 12.5 Å². The third-order valence-electron chi connectivity index (χ3n) is 6.29. The van der Waals surface area contributed by atoms with Gasteiger partial charge in [-0.05, 0) is 47.7 Å². The number of aliphatic carboxylic acids is 1. The molecule has 0 saturated carbocycles. The van der Waals surface area contributed by atoms with E-state index in [1.54, 1.807) is 5.51 Å². The van der Waals surface area contributed by atoms with E-state index in [-0.39, 0.29) is 12.7 Å². The summed E-state index contributed by atoms with van der Waals surface area (Å²) in [5.41, 5.74) is 4.63. The van der Waals surface area contributed by atoms with E-state index in [1.807, 2.05) is 5.38 Å². The highest BCUT2D eigenvalue weighted by Gasteiger charge is 2.38. The lowest BCUT2D eigenvalue weighted by Crippen LogP contribution is -2.27. The maximum Gasteiger partial charge on any atom is 0.490 e. The average Bonchev–Trinajstić information content (AvgIpc) is 3.64. The molecule has 0 radical (unpaired) electrons. The van der Waals surface area contributed by atoms with Crippen molar-refractivity contribution in [2.24, 2.45) is 5.92 Å². The number of carboxylic acid groups (broad SMARTS) is 1. The minimum absolute atomic E-state index is 0.214. The van der Waals surface area contributed by atoms with E-state index < -0.39 is 12.1 Å². The number of hydrogen-bond donors (Lipinski definition) is 2. The molecule has 2 N–H and O–H groups in total. The molecule has 1 saturated heterocycles. The van der Waals surface area contributed by atoms with Crippen LogP contribution in [0.3, 0.4) is 0 Å². The molecule has 8 nitrogen and oxygen atoms in total. The Morgan fingerprint density at radius 3 is 2.60 bits per heavy atom. The van der Waals surface area contributed by atoms with Crippen molar-refractivity contribution in [1.82, 2.24) is 15.3 Å². The molecule has 0 bridgehead atoms. The summed E-state index contributed by atoms with van der Waals surface area (Å²) >= 11 is 1.49. The van der Waals surface area contributed by atoms with E-state index in [2.05, 4.69) is 75.9 Å². The monoisotopic (exact) mass is 572 g/mol. The molecule has 5 rings (SSSR count). The molecule has 40 heavy (non-hydrogen) atoms. The Balaban J connectivity index is 0.000000470. The van der Waals surface area contributed by atoms with Crippen LogP contribution in [0.4, 0.5) is 23.8 Å². The fourth-order valence-electron chi connectivity index (χ4n) is 4.26. The zero-order valence-corrected chi connectivity index (χ0v) is 22.1. The largest absolute Gasteiger partial charge is 0.490 e. The first kappa shape index (κ1) is 28.8. The highest BCUT2D eigenvalue weighted by Crippen LogP contribution is 2.28. The van der Waals surface area contributed by atoms with Crippen molar-refractivity contribution in [2.75, 3.05) is 24.5 Å². The van der Waals surface area contributed by atoms with E-state index in [1.165, 1.54) is 22.1 Å². The van der Waals surface area contributed by atoms with Crippen molar-refractivity contribution < 1.29 is 32.6 Å². The Bertz CT molecular complexity index is 1430. The third kappa shape index (κ3) is 8.15. The third-order valence-corrected chi connectivity index (χ3v) is 6.92. The molecule has 1 amide bonds. The van der Waals surface area contributed by atoms with Gasteiger partial charge in [0.25, 0.3) is 0 Å². The van der Waals surface area contributed by atoms with Crippen LogP contribution < -0.4 is 10.2 Å². The number of ether oxygens (including phenoxy) is 1. The Morgan fingerprint density at radius 1 is 1.10 bits per heavy atom. The maximum atomic E-state index is 11.9. The predicted molar refractivity (Wildman–Crippen MR) is 146 cm³/mol. The summed E-state index contributed by atoms with van der Waals surface area (Å²) in [5, 5.41) is 14.3. The second kappa shape index (κ2) is 13.2. The number of benzene rings is 2. The standard InChI is InChI=1S/C26H26N4O2S.C2HF3O2/c31-26(32-16-23-17-33-18-28-23)27-12-10-19-11-13-30(15-19)25-7-3-6-24(29-25)22-9-8-20-4-1-2-5-21(20)14-22;3-2(4,5)1(6)7/h1-9,14,17-19H,10-13,15-16H2,(H,27,31);(H,6,7). The van der Waals surface area contributed by atoms with Crippen molar-refractivity contribution in [1.29, 1.82) is 0 Å². The second-order valence-electron chi connectivity index (χ2n) is 9.12. The van der Waals surface area contributed by atoms with Crippen LogP contribution in [-0.4, -0.2) is 52.9 Å². The number of halogens is 3. The summed E-state index contributed by atoms with van der Waals surface area (Å²) in [5.74, 6) is -1.22. The number of thiazole rings is 1. The summed E-state index contributed by atoms with van der Waals surface area (Å²) in [7, 11) is 0. The number of nitrogens with one attached hydrogen (secondary N) is 1. The minimum Gasteiger partial charge on any atom is -0.475 e. The molecule has 210 valence electrons. The van der Waals surface area contributed by atoms with Crippen molar-refractivity contribution >= 4 is 40.0 Å². The average molecular weight is 573 g/mol. The van der Waals surface area contributed by atoms with E-state index in [4.69, 9.17) is 19.6 Å². The van der Waals surface area contributed by atoms with E-state index in [0.717, 1.165) is 48.7 Å². The number of carbonyl (C=O) groups is 2. The highest BCUT2D eigenvalue weighted by atomic mass is 32.1. The number of fused-ring (bicyclic) bond motifs is 1. The normalized spacial score (nSPS) is 14.9. The van der Waals surface area contributed by atoms with E-state index in [9.17, 15) is 18.0 Å². The number of rotatable bonds is 7. The van der Waals surface area contributed by atoms with E-state index >= 15 is 0 Å². The first-order valence-electron chi connectivity index (χ1n) is 12.5. The molecular weight excluding hydrogens is 545 g/mol. The summed E-state index contributed by atoms with van der Waals surface area (Å²) in [6.07, 6.45) is -3.45. The van der Waals surface area contributed by atoms with Crippen molar-refractivity contribution in [3.8, 4) is 11.3 Å². The number of alkyl carbamates (subject to hydrolysis) is 1. The lowest BCUT2D eigenvalue weighted by molar-refractivity contribution is -0.192. The minimum atomic E-state index is -5.08. The van der Waals surface area contributed by atoms with Gasteiger partial charge in [0.1, 0.15) is 12.4 Å². The molecule has 2 aromatic heterocycles. The van der Waals surface area contributed by atoms with Crippen LogP contribution in [-0.2, 0) is 16.1 Å². The van der Waals surface area contributed by atoms with Crippen LogP contribution in [0.2, 0.25) is 0 Å². The number of hydrogen-bond acceptors (Lipinski definition) is 7. The van der Waals surface area contributed by atoms with Crippen LogP contribution in [0.25, 0.3) is 22.0 Å². The quantitative estimate of drug-likeness (QED) is 0.274. The Hall–Kier alpha value is -4.19. The molecule has 1 fully saturated rings. The summed E-state index contributed by atoms with van der Waals surface area (Å²) < 4.78 is 36.9. The van der Waals surface area contributed by atoms with Gasteiger partial charge in [0.2, 0.25) is 0 Å². The number of amides is 1. The fraction of sp³-hybridized carbons (Fsp3) is 0.286. The van der Waals surface area contributed by atoms with Crippen LogP contribution in [0.5, 0.6) is 0 Å². The van der Waals surface area contributed by atoms with Crippen LogP contribution in [0.1, 0.15) is 18.5 Å². The van der Waals surface area contributed by atoms with Gasteiger partial charge in [0.15, 0.2) is 0 Å². The number of anilines is 1. The Kier molecular flexibility index (Phi) is 9.54. The van der Waals surface area contributed by atoms with Crippen molar-refractivity contribution in [3.05, 3.63) is 77.2 Å². The highest BCUT2D eigenvalue weighted by molar-refractivity contribution is 7.07. The molecule has 4 aromatic rings. The van der Waals surface area contributed by atoms with Gasteiger partial charge in [-0.15, -0.1) is 11.3 Å². The Morgan fingerprint density at radius 2 is 1.88 bits per heavy atom. The molecule has 0 aliphatic carbocycles. The molecule has 2 aromatic carbocycles. The van der Waals surface area contributed by atoms with Gasteiger partial charge in [-0.3, -0.25) is 0 Å². The number of nitrogens with zero attached hydrogens (tertiary/aromatic N) is 3. The molecular formula is C28H27F3N4O4S. The van der Waals surface area contributed by atoms with Gasteiger partial charge < -0.3 is 20.1 Å². The SMILES string of the molecule is O=C(NCCC1CCN(c2cccc(-c3ccc4ccccc4c3)n2)C1)OCc1cscn1.O=C(O)C(F)(F)F. The van der Waals surface area contributed by atoms with Crippen LogP contribution >= 0.6 is 11.3 Å². The maximum absolute atomic E-state index is 11.9. The first-order chi connectivity index (χ1) is 19.2. The molecule has 1 aliphatic heterocycles. The van der Waals surface area contributed by atoms with Gasteiger partial charge in [-0.1, -0.05) is 42.5 Å². The van der Waals surface area contributed by atoms with Gasteiger partial charge in [0.05, 0.1) is 16.9 Å². The van der Waals surface area contributed by atoms with Gasteiger partial charge in [0, 0.05) is 30.6 Å². The summed E-state index contributed by atoms with van der Waals surface area (Å²) in [6.45, 7) is 2.75. The molecule has 1 unspecified atom stereocenters. The zero-order chi connectivity index (χ0) is 28.5. The van der Waals surface area contributed by atoms with Gasteiger partial charge in [-0.2, -0.15) is 13.2 Å². The molecule has 3 heterocycles. The molecule has 1 atom stereocenters. The van der Waals surface area contributed by atoms with Crippen LogP contribution in [0.15, 0.2) is 71.6 Å². The lowest BCUT2D eigenvalue weighted by Gasteiger charge is -2.18. The first-order valence-corrected chi connectivity index (χ1v) is 13.4. The molecule has 1 aliphatic rings. The number of alkyl halides is 3. The number of pyridine rings is 1. The van der Waals surface area contributed by atoms with Gasteiger partial charge >= 0.3 is 18.2 Å². The number of carboxylic acids is 1. The van der Waals surface area contributed by atoms with Gasteiger partial charge in [-0.25, -0.2) is 19.6 Å². The zero-order valence-electron chi connectivity index (χ0n) is 21.3. The molecule has 12 heteroatoms.